The van der Waals surface area contributed by atoms with Gasteiger partial charge >= 0.3 is 0 Å². The summed E-state index contributed by atoms with van der Waals surface area (Å²) in [6.45, 7) is 12.0. The van der Waals surface area contributed by atoms with Gasteiger partial charge in [-0.1, -0.05) is 20.8 Å². The first-order chi connectivity index (χ1) is 9.11. The van der Waals surface area contributed by atoms with Crippen LogP contribution in [0.15, 0.2) is 16.7 Å². The molecule has 0 aliphatic carbocycles. The minimum Gasteiger partial charge on any atom is -0.468 e. The van der Waals surface area contributed by atoms with Gasteiger partial charge in [-0.15, -0.1) is 0 Å². The molecular weight excluding hydrogens is 256 g/mol. The highest BCUT2D eigenvalue weighted by atomic mass is 32.2. The van der Waals surface area contributed by atoms with Gasteiger partial charge in [-0.05, 0) is 25.6 Å². The summed E-state index contributed by atoms with van der Waals surface area (Å²) in [6, 6.07) is 2.12. The number of hydrogen-bond acceptors (Lipinski definition) is 4. The molecule has 1 aromatic rings. The van der Waals surface area contributed by atoms with E-state index < -0.39 is 0 Å². The van der Waals surface area contributed by atoms with Crippen molar-refractivity contribution in [2.24, 2.45) is 0 Å². The minimum atomic E-state index is 0.428. The lowest BCUT2D eigenvalue weighted by atomic mass is 10.1. The van der Waals surface area contributed by atoms with Gasteiger partial charge in [-0.2, -0.15) is 11.8 Å². The van der Waals surface area contributed by atoms with Crippen molar-refractivity contribution in [3.63, 3.8) is 0 Å². The third-order valence-corrected chi connectivity index (χ3v) is 5.07. The van der Waals surface area contributed by atoms with Crippen molar-refractivity contribution in [1.82, 2.24) is 10.2 Å². The molecule has 0 saturated carbocycles. The predicted molar refractivity (Wildman–Crippen MR) is 82.5 cm³/mol. The fourth-order valence-corrected chi connectivity index (χ4v) is 3.50. The SMILES string of the molecule is CCNCc1occc1CN1CCSC(C)(C)CC1. The van der Waals surface area contributed by atoms with Crippen molar-refractivity contribution < 1.29 is 4.42 Å². The average Bonchev–Trinajstić information content (AvgIpc) is 2.72. The summed E-state index contributed by atoms with van der Waals surface area (Å²) in [5.41, 5.74) is 1.34. The van der Waals surface area contributed by atoms with Gasteiger partial charge in [0.2, 0.25) is 0 Å². The Morgan fingerprint density at radius 1 is 1.42 bits per heavy atom. The third-order valence-electron chi connectivity index (χ3n) is 3.70. The zero-order valence-electron chi connectivity index (χ0n) is 12.4. The van der Waals surface area contributed by atoms with Gasteiger partial charge in [-0.3, -0.25) is 4.90 Å². The summed E-state index contributed by atoms with van der Waals surface area (Å²) in [6.07, 6.45) is 3.08. The number of furan rings is 1. The fourth-order valence-electron chi connectivity index (χ4n) is 2.36. The second kappa shape index (κ2) is 6.82. The second-order valence-corrected chi connectivity index (χ2v) is 7.59. The largest absolute Gasteiger partial charge is 0.468 e. The number of rotatable bonds is 5. The summed E-state index contributed by atoms with van der Waals surface area (Å²) in [5.74, 6) is 2.32. The zero-order chi connectivity index (χ0) is 13.7. The summed E-state index contributed by atoms with van der Waals surface area (Å²) >= 11 is 2.10. The molecular formula is C15H26N2OS. The first-order valence-electron chi connectivity index (χ1n) is 7.23. The smallest absolute Gasteiger partial charge is 0.122 e. The molecule has 1 aliphatic heterocycles. The van der Waals surface area contributed by atoms with Crippen LogP contribution in [0.2, 0.25) is 0 Å². The van der Waals surface area contributed by atoms with Crippen LogP contribution in [0.25, 0.3) is 0 Å². The number of nitrogens with one attached hydrogen (secondary N) is 1. The maximum absolute atomic E-state index is 5.59. The molecule has 0 radical (unpaired) electrons. The van der Waals surface area contributed by atoms with Crippen LogP contribution < -0.4 is 5.32 Å². The van der Waals surface area contributed by atoms with Gasteiger partial charge in [0.05, 0.1) is 12.8 Å². The summed E-state index contributed by atoms with van der Waals surface area (Å²) in [4.78, 5) is 2.56. The third kappa shape index (κ3) is 4.55. The van der Waals surface area contributed by atoms with Gasteiger partial charge < -0.3 is 9.73 Å². The Morgan fingerprint density at radius 3 is 3.05 bits per heavy atom. The Balaban J connectivity index is 1.92. The second-order valence-electron chi connectivity index (χ2n) is 5.78. The van der Waals surface area contributed by atoms with Gasteiger partial charge in [0.1, 0.15) is 5.76 Å². The molecule has 108 valence electrons. The van der Waals surface area contributed by atoms with Crippen LogP contribution in [0.1, 0.15) is 38.5 Å². The highest BCUT2D eigenvalue weighted by Crippen LogP contribution is 2.31. The lowest BCUT2D eigenvalue weighted by molar-refractivity contribution is 0.273. The first kappa shape index (κ1) is 14.9. The van der Waals surface area contributed by atoms with E-state index in [0.29, 0.717) is 4.75 Å². The topological polar surface area (TPSA) is 28.4 Å². The molecule has 1 N–H and O–H groups in total. The van der Waals surface area contributed by atoms with E-state index in [4.69, 9.17) is 4.42 Å². The molecule has 19 heavy (non-hydrogen) atoms. The van der Waals surface area contributed by atoms with E-state index >= 15 is 0 Å². The molecule has 1 fully saturated rings. The molecule has 1 aromatic heterocycles. The molecule has 2 rings (SSSR count). The van der Waals surface area contributed by atoms with E-state index in [9.17, 15) is 0 Å². The Morgan fingerprint density at radius 2 is 2.26 bits per heavy atom. The van der Waals surface area contributed by atoms with Crippen LogP contribution in [-0.4, -0.2) is 35.0 Å². The molecule has 4 heteroatoms. The van der Waals surface area contributed by atoms with Gasteiger partial charge in [0, 0.05) is 29.2 Å². The zero-order valence-corrected chi connectivity index (χ0v) is 13.2. The normalized spacial score (nSPS) is 20.4. The van der Waals surface area contributed by atoms with Crippen molar-refractivity contribution in [2.45, 2.75) is 45.0 Å². The maximum Gasteiger partial charge on any atom is 0.122 e. The molecule has 0 unspecified atom stereocenters. The predicted octanol–water partition coefficient (Wildman–Crippen LogP) is 3.11. The van der Waals surface area contributed by atoms with Crippen molar-refractivity contribution in [3.8, 4) is 0 Å². The molecule has 2 heterocycles. The van der Waals surface area contributed by atoms with Crippen LogP contribution >= 0.6 is 11.8 Å². The van der Waals surface area contributed by atoms with Crippen LogP contribution in [0.5, 0.6) is 0 Å². The molecule has 0 atom stereocenters. The molecule has 0 bridgehead atoms. The van der Waals surface area contributed by atoms with Crippen molar-refractivity contribution in [3.05, 3.63) is 23.7 Å². The van der Waals surface area contributed by atoms with E-state index in [1.807, 2.05) is 6.26 Å². The Kier molecular flexibility index (Phi) is 5.37. The van der Waals surface area contributed by atoms with Crippen molar-refractivity contribution >= 4 is 11.8 Å². The van der Waals surface area contributed by atoms with Gasteiger partial charge in [0.25, 0.3) is 0 Å². The van der Waals surface area contributed by atoms with Gasteiger partial charge in [0.15, 0.2) is 0 Å². The molecule has 1 saturated heterocycles. The Labute approximate surface area is 121 Å². The molecule has 1 aliphatic rings. The number of thioether (sulfide) groups is 1. The standard InChI is InChI=1S/C15H26N2OS/c1-4-16-11-14-13(5-9-18-14)12-17-7-6-15(2,3)19-10-8-17/h5,9,16H,4,6-8,10-12H2,1-3H3. The monoisotopic (exact) mass is 282 g/mol. The lowest BCUT2D eigenvalue weighted by Gasteiger charge is -2.22. The Hall–Kier alpha value is -0.450. The summed E-state index contributed by atoms with van der Waals surface area (Å²) in [7, 11) is 0. The molecule has 3 nitrogen and oxygen atoms in total. The lowest BCUT2D eigenvalue weighted by Crippen LogP contribution is -2.27. The van der Waals surface area contributed by atoms with E-state index in [1.165, 1.54) is 30.8 Å². The van der Waals surface area contributed by atoms with E-state index in [2.05, 4.69) is 48.8 Å². The highest BCUT2D eigenvalue weighted by Gasteiger charge is 2.24. The summed E-state index contributed by atoms with van der Waals surface area (Å²) < 4.78 is 6.01. The average molecular weight is 282 g/mol. The quantitative estimate of drug-likeness (QED) is 0.898. The van der Waals surface area contributed by atoms with Crippen LogP contribution in [-0.2, 0) is 13.1 Å². The van der Waals surface area contributed by atoms with Crippen molar-refractivity contribution in [2.75, 3.05) is 25.4 Å². The Bertz CT molecular complexity index is 389. The first-order valence-corrected chi connectivity index (χ1v) is 8.21. The summed E-state index contributed by atoms with van der Waals surface area (Å²) in [5, 5.41) is 3.34. The molecule has 0 aromatic carbocycles. The fraction of sp³-hybridized carbons (Fsp3) is 0.733. The number of nitrogens with zero attached hydrogens (tertiary/aromatic N) is 1. The van der Waals surface area contributed by atoms with Crippen LogP contribution in [0.3, 0.4) is 0 Å². The van der Waals surface area contributed by atoms with E-state index in [-0.39, 0.29) is 0 Å². The van der Waals surface area contributed by atoms with E-state index in [0.717, 1.165) is 25.4 Å². The van der Waals surface area contributed by atoms with Gasteiger partial charge in [-0.25, -0.2) is 0 Å². The van der Waals surface area contributed by atoms with Crippen LogP contribution in [0.4, 0.5) is 0 Å². The van der Waals surface area contributed by atoms with Crippen LogP contribution in [0, 0.1) is 0 Å². The van der Waals surface area contributed by atoms with E-state index in [1.54, 1.807) is 0 Å². The van der Waals surface area contributed by atoms with Crippen molar-refractivity contribution in [1.29, 1.82) is 0 Å². The maximum atomic E-state index is 5.59. The highest BCUT2D eigenvalue weighted by molar-refractivity contribution is 8.00. The molecule has 0 spiro atoms. The minimum absolute atomic E-state index is 0.428. The molecule has 0 amide bonds. The number of hydrogen-bond donors (Lipinski definition) is 1.